The maximum absolute atomic E-state index is 13.0. The van der Waals surface area contributed by atoms with Crippen LogP contribution < -0.4 is 0 Å². The van der Waals surface area contributed by atoms with Gasteiger partial charge in [0.05, 0.1) is 6.61 Å². The molecule has 1 saturated carbocycles. The van der Waals surface area contributed by atoms with Crippen LogP contribution >= 0.6 is 0 Å². The summed E-state index contributed by atoms with van der Waals surface area (Å²) < 4.78 is 10.8. The van der Waals surface area contributed by atoms with E-state index >= 15 is 0 Å². The van der Waals surface area contributed by atoms with Crippen molar-refractivity contribution in [2.75, 3.05) is 6.61 Å². The Morgan fingerprint density at radius 2 is 1.46 bits per heavy atom. The van der Waals surface area contributed by atoms with Gasteiger partial charge < -0.3 is 9.47 Å². The summed E-state index contributed by atoms with van der Waals surface area (Å²) in [6.45, 7) is 12.3. The molecule has 0 aromatic carbocycles. The Kier molecular flexibility index (Phi) is 9.31. The molecule has 0 aliphatic heterocycles. The van der Waals surface area contributed by atoms with Crippen LogP contribution in [0.25, 0.3) is 0 Å². The van der Waals surface area contributed by atoms with Gasteiger partial charge >= 0.3 is 11.9 Å². The normalized spacial score (nSPS) is 25.5. The van der Waals surface area contributed by atoms with Gasteiger partial charge in [-0.15, -0.1) is 0 Å². The molecule has 0 heterocycles. The van der Waals surface area contributed by atoms with Gasteiger partial charge in [0.1, 0.15) is 29.5 Å². The van der Waals surface area contributed by atoms with Crippen molar-refractivity contribution in [2.24, 2.45) is 35.5 Å². The monoisotopic (exact) mass is 396 g/mol. The molecule has 0 bridgehead atoms. The quantitative estimate of drug-likeness (QED) is 0.437. The molecule has 0 aromatic heterocycles. The lowest BCUT2D eigenvalue weighted by Gasteiger charge is -2.37. The molecule has 0 saturated heterocycles. The Labute approximate surface area is 168 Å². The molecule has 1 aliphatic rings. The zero-order valence-electron chi connectivity index (χ0n) is 18.3. The van der Waals surface area contributed by atoms with Crippen molar-refractivity contribution >= 4 is 23.5 Å². The Morgan fingerprint density at radius 3 is 1.93 bits per heavy atom. The number of hydrogen-bond donors (Lipinski definition) is 0. The summed E-state index contributed by atoms with van der Waals surface area (Å²) in [5.74, 6) is -4.25. The second-order valence-electron chi connectivity index (χ2n) is 8.59. The lowest BCUT2D eigenvalue weighted by molar-refractivity contribution is -0.167. The summed E-state index contributed by atoms with van der Waals surface area (Å²) in [6, 6.07) is 0. The van der Waals surface area contributed by atoms with Crippen LogP contribution in [0, 0.1) is 35.5 Å². The highest BCUT2D eigenvalue weighted by Crippen LogP contribution is 2.36. The molecule has 0 N–H and O–H groups in total. The summed E-state index contributed by atoms with van der Waals surface area (Å²) in [7, 11) is 0. The van der Waals surface area contributed by atoms with E-state index in [1.165, 1.54) is 13.8 Å². The average Bonchev–Trinajstić information content (AvgIpc) is 2.54. The lowest BCUT2D eigenvalue weighted by Crippen LogP contribution is -2.43. The summed E-state index contributed by atoms with van der Waals surface area (Å²) in [6.07, 6.45) is 2.60. The summed E-state index contributed by atoms with van der Waals surface area (Å²) in [5, 5.41) is 0. The maximum Gasteiger partial charge on any atom is 0.317 e. The number of carbonyl (C=O) groups excluding carboxylic acids is 4. The van der Waals surface area contributed by atoms with Crippen LogP contribution in [-0.2, 0) is 28.7 Å². The fourth-order valence-corrected chi connectivity index (χ4v) is 4.40. The highest BCUT2D eigenvalue weighted by atomic mass is 16.5. The molecule has 6 nitrogen and oxygen atoms in total. The number of ether oxygens (including phenoxy) is 2. The molecule has 0 radical (unpaired) electrons. The predicted molar refractivity (Wildman–Crippen MR) is 105 cm³/mol. The van der Waals surface area contributed by atoms with Gasteiger partial charge in [-0.3, -0.25) is 19.2 Å². The first-order valence-corrected chi connectivity index (χ1v) is 10.4. The molecular formula is C22H36O6. The van der Waals surface area contributed by atoms with Crippen molar-refractivity contribution in [1.82, 2.24) is 0 Å². The number of ketones is 2. The van der Waals surface area contributed by atoms with E-state index in [0.717, 1.165) is 19.3 Å². The molecule has 0 aromatic rings. The summed E-state index contributed by atoms with van der Waals surface area (Å²) in [5.41, 5.74) is 0. The Balaban J connectivity index is 3.05. The van der Waals surface area contributed by atoms with Crippen molar-refractivity contribution in [1.29, 1.82) is 0 Å². The zero-order valence-corrected chi connectivity index (χ0v) is 18.3. The van der Waals surface area contributed by atoms with Gasteiger partial charge in [-0.05, 0) is 57.3 Å². The zero-order chi connectivity index (χ0) is 21.6. The van der Waals surface area contributed by atoms with E-state index in [2.05, 4.69) is 20.8 Å². The third kappa shape index (κ3) is 6.14. The Hall–Kier alpha value is -1.72. The highest BCUT2D eigenvalue weighted by Gasteiger charge is 2.43. The van der Waals surface area contributed by atoms with Crippen molar-refractivity contribution in [3.8, 4) is 0 Å². The van der Waals surface area contributed by atoms with Gasteiger partial charge in [-0.2, -0.15) is 0 Å². The van der Waals surface area contributed by atoms with Gasteiger partial charge in [-0.25, -0.2) is 0 Å². The van der Waals surface area contributed by atoms with Crippen molar-refractivity contribution < 1.29 is 28.7 Å². The van der Waals surface area contributed by atoms with Crippen LogP contribution in [0.2, 0.25) is 0 Å². The fraction of sp³-hybridized carbons (Fsp3) is 0.818. The van der Waals surface area contributed by atoms with Crippen LogP contribution in [0.15, 0.2) is 0 Å². The van der Waals surface area contributed by atoms with Gasteiger partial charge in [-0.1, -0.05) is 34.1 Å². The summed E-state index contributed by atoms with van der Waals surface area (Å²) in [4.78, 5) is 49.6. The lowest BCUT2D eigenvalue weighted by atomic mass is 9.75. The summed E-state index contributed by atoms with van der Waals surface area (Å²) >= 11 is 0. The fourth-order valence-electron chi connectivity index (χ4n) is 4.40. The molecule has 6 heteroatoms. The minimum Gasteiger partial charge on any atom is -0.465 e. The number of Topliss-reactive ketones (excluding diaryl/α,β-unsaturated/α-hetero) is 2. The van der Waals surface area contributed by atoms with Crippen LogP contribution in [-0.4, -0.2) is 36.2 Å². The second kappa shape index (κ2) is 10.7. The average molecular weight is 397 g/mol. The minimum atomic E-state index is -1.16. The van der Waals surface area contributed by atoms with Crippen molar-refractivity contribution in [2.45, 2.75) is 73.8 Å². The third-order valence-electron chi connectivity index (χ3n) is 5.95. The molecule has 1 rings (SSSR count). The topological polar surface area (TPSA) is 86.7 Å². The first kappa shape index (κ1) is 24.3. The van der Waals surface area contributed by atoms with E-state index < -0.39 is 41.3 Å². The SMILES string of the molecule is CCOC(=O)[C@H](C(C)=O)[C@@H](C)[C@@H](C(C)=O)C(=O)O[C@@H]1C[C@H](C)CC[C@@H]1C(C)C. The van der Waals surface area contributed by atoms with E-state index in [0.29, 0.717) is 11.8 Å². The Morgan fingerprint density at radius 1 is 0.929 bits per heavy atom. The van der Waals surface area contributed by atoms with E-state index in [9.17, 15) is 19.2 Å². The molecule has 0 unspecified atom stereocenters. The van der Waals surface area contributed by atoms with Crippen molar-refractivity contribution in [3.63, 3.8) is 0 Å². The molecule has 0 spiro atoms. The van der Waals surface area contributed by atoms with E-state index in [-0.39, 0.29) is 18.6 Å². The first-order chi connectivity index (χ1) is 13.0. The highest BCUT2D eigenvalue weighted by molar-refractivity contribution is 6.02. The Bertz CT molecular complexity index is 582. The predicted octanol–water partition coefficient (Wildman–Crippen LogP) is 3.60. The third-order valence-corrected chi connectivity index (χ3v) is 5.95. The molecular weight excluding hydrogens is 360 g/mol. The molecule has 1 aliphatic carbocycles. The number of hydrogen-bond acceptors (Lipinski definition) is 6. The van der Waals surface area contributed by atoms with E-state index in [4.69, 9.17) is 9.47 Å². The van der Waals surface area contributed by atoms with Crippen LogP contribution in [0.3, 0.4) is 0 Å². The largest absolute Gasteiger partial charge is 0.465 e. The second-order valence-corrected chi connectivity index (χ2v) is 8.59. The van der Waals surface area contributed by atoms with Crippen LogP contribution in [0.1, 0.15) is 67.7 Å². The van der Waals surface area contributed by atoms with Gasteiger partial charge in [0.15, 0.2) is 0 Å². The molecule has 0 amide bonds. The smallest absolute Gasteiger partial charge is 0.317 e. The maximum atomic E-state index is 13.0. The molecule has 160 valence electrons. The van der Waals surface area contributed by atoms with Gasteiger partial charge in [0.25, 0.3) is 0 Å². The van der Waals surface area contributed by atoms with E-state index in [1.54, 1.807) is 13.8 Å². The number of esters is 2. The van der Waals surface area contributed by atoms with Gasteiger partial charge in [0, 0.05) is 0 Å². The number of rotatable bonds is 9. The van der Waals surface area contributed by atoms with Gasteiger partial charge in [0.2, 0.25) is 0 Å². The standard InChI is InChI=1S/C22H36O6/c1-8-27-21(25)19(15(6)23)14(5)20(16(7)24)22(26)28-18-11-13(4)9-10-17(18)12(2)3/h12-14,17-20H,8-11H2,1-7H3/t13-,14-,17-,18-,19+,20+/m1/s1. The minimum absolute atomic E-state index is 0.126. The van der Waals surface area contributed by atoms with Crippen molar-refractivity contribution in [3.05, 3.63) is 0 Å². The molecule has 6 atom stereocenters. The van der Waals surface area contributed by atoms with Crippen LogP contribution in [0.4, 0.5) is 0 Å². The van der Waals surface area contributed by atoms with E-state index in [1.807, 2.05) is 0 Å². The first-order valence-electron chi connectivity index (χ1n) is 10.4. The van der Waals surface area contributed by atoms with Crippen LogP contribution in [0.5, 0.6) is 0 Å². The molecule has 1 fully saturated rings. The number of carbonyl (C=O) groups is 4. The molecule has 28 heavy (non-hydrogen) atoms.